The van der Waals surface area contributed by atoms with Crippen LogP contribution in [0.4, 0.5) is 0 Å². The van der Waals surface area contributed by atoms with Crippen molar-refractivity contribution in [2.24, 2.45) is 15.8 Å². The molecule has 0 atom stereocenters. The third kappa shape index (κ3) is 11.1. The molecule has 0 bridgehead atoms. The number of nitrogens with two attached hydrogens (primary N) is 1. The molecule has 31 heavy (non-hydrogen) atoms. The summed E-state index contributed by atoms with van der Waals surface area (Å²) in [4.78, 5) is 6.77. The Bertz CT molecular complexity index is 789. The van der Waals surface area contributed by atoms with E-state index in [-0.39, 0.29) is 0 Å². The lowest BCUT2D eigenvalue weighted by atomic mass is 10.2. The van der Waals surface area contributed by atoms with Crippen molar-refractivity contribution in [1.82, 2.24) is 10.3 Å². The van der Waals surface area contributed by atoms with Crippen molar-refractivity contribution in [3.63, 3.8) is 0 Å². The van der Waals surface area contributed by atoms with Crippen LogP contribution < -0.4 is 11.2 Å². The minimum Gasteiger partial charge on any atom is -0.499 e. The first-order valence-corrected chi connectivity index (χ1v) is 11.0. The van der Waals surface area contributed by atoms with Crippen molar-refractivity contribution in [3.05, 3.63) is 71.9 Å². The number of ether oxygens (including phenoxy) is 1. The number of nitrogens with zero attached hydrogens (tertiary/aromatic N) is 3. The highest BCUT2D eigenvalue weighted by atomic mass is 16.5. The van der Waals surface area contributed by atoms with Crippen molar-refractivity contribution >= 4 is 12.1 Å². The average molecular weight is 426 g/mol. The Balaban J connectivity index is 3.00. The number of amidine groups is 1. The largest absolute Gasteiger partial charge is 0.499 e. The van der Waals surface area contributed by atoms with Crippen molar-refractivity contribution in [2.75, 3.05) is 19.7 Å². The molecule has 0 aliphatic rings. The van der Waals surface area contributed by atoms with E-state index in [0.29, 0.717) is 36.8 Å². The van der Waals surface area contributed by atoms with Gasteiger partial charge in [-0.15, -0.1) is 0 Å². The Hall–Kier alpha value is -3.02. The summed E-state index contributed by atoms with van der Waals surface area (Å²) in [6.07, 6.45) is 6.95. The summed E-state index contributed by atoms with van der Waals surface area (Å²) < 4.78 is 5.41. The summed E-state index contributed by atoms with van der Waals surface area (Å²) in [6.45, 7) is 18.7. The van der Waals surface area contributed by atoms with Gasteiger partial charge in [-0.25, -0.2) is 4.99 Å². The Kier molecular flexibility index (Phi) is 12.5. The van der Waals surface area contributed by atoms with Gasteiger partial charge in [0, 0.05) is 31.3 Å². The molecule has 6 nitrogen and oxygen atoms in total. The highest BCUT2D eigenvalue weighted by Crippen LogP contribution is 2.12. The number of nitrogens with one attached hydrogen (secondary N) is 1. The number of allylic oxidation sites excluding steroid dienone is 2. The van der Waals surface area contributed by atoms with Crippen LogP contribution in [0.15, 0.2) is 70.9 Å². The second-order valence-electron chi connectivity index (χ2n) is 7.38. The van der Waals surface area contributed by atoms with Crippen LogP contribution in [0.3, 0.4) is 0 Å². The molecule has 1 aromatic rings. The maximum atomic E-state index is 6.38. The van der Waals surface area contributed by atoms with Crippen LogP contribution >= 0.6 is 0 Å². The van der Waals surface area contributed by atoms with E-state index in [1.165, 1.54) is 5.56 Å². The van der Waals surface area contributed by atoms with Gasteiger partial charge in [0.05, 0.1) is 18.6 Å². The van der Waals surface area contributed by atoms with E-state index < -0.39 is 0 Å². The van der Waals surface area contributed by atoms with Crippen LogP contribution in [0.5, 0.6) is 0 Å². The minimum atomic E-state index is 0.547. The number of hydrogen-bond acceptors (Lipinski definition) is 5. The van der Waals surface area contributed by atoms with Gasteiger partial charge in [0.2, 0.25) is 0 Å². The molecule has 6 heteroatoms. The summed E-state index contributed by atoms with van der Waals surface area (Å²) in [5, 5.41) is 4.36. The summed E-state index contributed by atoms with van der Waals surface area (Å²) >= 11 is 0. The topological polar surface area (TPSA) is 75.2 Å². The molecule has 0 unspecified atom stereocenters. The maximum Gasteiger partial charge on any atom is 0.150 e. The van der Waals surface area contributed by atoms with E-state index in [1.807, 2.05) is 25.1 Å². The summed E-state index contributed by atoms with van der Waals surface area (Å²) in [6, 6.07) is 8.12. The quantitative estimate of drug-likeness (QED) is 0.189. The van der Waals surface area contributed by atoms with Crippen LogP contribution in [-0.2, 0) is 4.74 Å². The number of hydrazone groups is 1. The molecule has 0 saturated heterocycles. The molecule has 1 aromatic carbocycles. The molecule has 0 aliphatic heterocycles. The molecule has 0 heterocycles. The molecule has 170 valence electrons. The van der Waals surface area contributed by atoms with E-state index in [9.17, 15) is 0 Å². The van der Waals surface area contributed by atoms with E-state index in [2.05, 4.69) is 66.5 Å². The summed E-state index contributed by atoms with van der Waals surface area (Å²) in [7, 11) is 0. The van der Waals surface area contributed by atoms with Crippen molar-refractivity contribution in [1.29, 1.82) is 0 Å². The van der Waals surface area contributed by atoms with Crippen LogP contribution in [0, 0.1) is 6.92 Å². The van der Waals surface area contributed by atoms with Gasteiger partial charge in [0.15, 0.2) is 0 Å². The lowest BCUT2D eigenvalue weighted by molar-refractivity contribution is 0.220. The van der Waals surface area contributed by atoms with E-state index in [0.717, 1.165) is 37.3 Å². The van der Waals surface area contributed by atoms with Crippen LogP contribution in [-0.4, -0.2) is 36.6 Å². The van der Waals surface area contributed by atoms with E-state index >= 15 is 0 Å². The van der Waals surface area contributed by atoms with Crippen molar-refractivity contribution in [2.45, 2.75) is 53.4 Å². The molecule has 0 spiro atoms. The van der Waals surface area contributed by atoms with Gasteiger partial charge >= 0.3 is 0 Å². The predicted octanol–water partition coefficient (Wildman–Crippen LogP) is 5.08. The molecule has 0 radical (unpaired) electrons. The summed E-state index contributed by atoms with van der Waals surface area (Å²) in [5.41, 5.74) is 12.3. The smallest absolute Gasteiger partial charge is 0.150 e. The molecule has 0 fully saturated rings. The molecular formula is C25H39N5O. The highest BCUT2D eigenvalue weighted by molar-refractivity contribution is 5.94. The Labute approximate surface area is 188 Å². The van der Waals surface area contributed by atoms with Crippen LogP contribution in [0.1, 0.15) is 57.6 Å². The van der Waals surface area contributed by atoms with Crippen LogP contribution in [0.25, 0.3) is 0 Å². The van der Waals surface area contributed by atoms with Gasteiger partial charge < -0.3 is 15.4 Å². The Morgan fingerprint density at radius 1 is 1.16 bits per heavy atom. The lowest BCUT2D eigenvalue weighted by Gasteiger charge is -2.23. The third-order valence-electron chi connectivity index (χ3n) is 4.39. The Morgan fingerprint density at radius 2 is 1.87 bits per heavy atom. The minimum absolute atomic E-state index is 0.547. The van der Waals surface area contributed by atoms with Gasteiger partial charge in [-0.1, -0.05) is 56.8 Å². The standard InChI is InChI=1S/C25H39N5O/c1-7-15-30(16-8-2)24(26)18-25(28-21(5)13-14-22(6)31-9-3)29-27-19-23-12-10-11-20(4)17-23/h10-12,17-19H,5-9,13-16,26H2,1-4H3,(H,28,29)/b24-18+,27-19+. The third-order valence-corrected chi connectivity index (χ3v) is 4.39. The predicted molar refractivity (Wildman–Crippen MR) is 133 cm³/mol. The number of benzene rings is 1. The molecule has 1 rings (SSSR count). The second-order valence-corrected chi connectivity index (χ2v) is 7.38. The van der Waals surface area contributed by atoms with Crippen molar-refractivity contribution in [3.8, 4) is 0 Å². The molecule has 0 aromatic heterocycles. The fourth-order valence-corrected chi connectivity index (χ4v) is 2.94. The second kappa shape index (κ2) is 14.9. The molecule has 0 aliphatic carbocycles. The molecule has 0 amide bonds. The number of hydrogen-bond donors (Lipinski definition) is 2. The zero-order chi connectivity index (χ0) is 23.1. The van der Waals surface area contributed by atoms with Gasteiger partial charge in [-0.3, -0.25) is 5.43 Å². The zero-order valence-electron chi connectivity index (χ0n) is 19.7. The fraction of sp³-hybridized carbons (Fsp3) is 0.440. The molecular weight excluding hydrogens is 386 g/mol. The first-order chi connectivity index (χ1) is 14.9. The zero-order valence-corrected chi connectivity index (χ0v) is 19.7. The van der Waals surface area contributed by atoms with E-state index in [4.69, 9.17) is 10.5 Å². The maximum absolute atomic E-state index is 6.38. The monoisotopic (exact) mass is 425 g/mol. The SMILES string of the molecule is C=C(CCC(=C)OCC)/N=C(\C=C(/N)N(CCC)CCC)N/N=C/c1cccc(C)c1. The van der Waals surface area contributed by atoms with Crippen molar-refractivity contribution < 1.29 is 4.74 Å². The molecule has 0 saturated carbocycles. The normalized spacial score (nSPS) is 12.1. The van der Waals surface area contributed by atoms with Gasteiger partial charge in [0.1, 0.15) is 11.7 Å². The first kappa shape index (κ1) is 26.0. The number of rotatable bonds is 14. The van der Waals surface area contributed by atoms with E-state index in [1.54, 1.807) is 6.21 Å². The lowest BCUT2D eigenvalue weighted by Crippen LogP contribution is -2.31. The number of aliphatic imine (C=N–C) groups is 1. The molecule has 3 N–H and O–H groups in total. The fourth-order valence-electron chi connectivity index (χ4n) is 2.94. The first-order valence-electron chi connectivity index (χ1n) is 11.0. The summed E-state index contributed by atoms with van der Waals surface area (Å²) in [5.74, 6) is 1.94. The van der Waals surface area contributed by atoms with Gasteiger partial charge in [-0.05, 0) is 38.7 Å². The highest BCUT2D eigenvalue weighted by Gasteiger charge is 2.07. The average Bonchev–Trinajstić information content (AvgIpc) is 2.72. The van der Waals surface area contributed by atoms with Crippen LogP contribution in [0.2, 0.25) is 0 Å². The Morgan fingerprint density at radius 3 is 2.48 bits per heavy atom. The van der Waals surface area contributed by atoms with Gasteiger partial charge in [0.25, 0.3) is 0 Å². The van der Waals surface area contributed by atoms with Gasteiger partial charge in [-0.2, -0.15) is 5.10 Å². The number of aryl methyl sites for hydroxylation is 1.